The summed E-state index contributed by atoms with van der Waals surface area (Å²) in [6, 6.07) is 22.4. The smallest absolute Gasteiger partial charge is 0.256 e. The van der Waals surface area contributed by atoms with Gasteiger partial charge in [-0.15, -0.1) is 0 Å². The molecule has 5 heteroatoms. The maximum atomic E-state index is 13.3. The molecule has 0 spiro atoms. The first kappa shape index (κ1) is 18.9. The zero-order chi connectivity index (χ0) is 20.3. The third kappa shape index (κ3) is 3.70. The van der Waals surface area contributed by atoms with Crippen molar-refractivity contribution in [3.63, 3.8) is 0 Å². The number of fused-ring (bicyclic) bond motifs is 1. The predicted octanol–water partition coefficient (Wildman–Crippen LogP) is 5.23. The van der Waals surface area contributed by atoms with Crippen molar-refractivity contribution in [2.45, 2.75) is 0 Å². The van der Waals surface area contributed by atoms with Gasteiger partial charge in [0.1, 0.15) is 0 Å². The molecule has 0 bridgehead atoms. The second kappa shape index (κ2) is 8.30. The highest BCUT2D eigenvalue weighted by atomic mass is 32.1. The van der Waals surface area contributed by atoms with Crippen molar-refractivity contribution < 1.29 is 4.79 Å². The molecule has 0 unspecified atom stereocenters. The van der Waals surface area contributed by atoms with Crippen LogP contribution >= 0.6 is 11.3 Å². The van der Waals surface area contributed by atoms with Gasteiger partial charge in [-0.2, -0.15) is 11.3 Å². The molecular formula is C25H23N3OS. The average molecular weight is 414 g/mol. The topological polar surface area (TPSA) is 44.4 Å². The van der Waals surface area contributed by atoms with E-state index in [1.165, 1.54) is 5.56 Å². The minimum atomic E-state index is -0.0781. The zero-order valence-corrected chi connectivity index (χ0v) is 17.4. The fraction of sp³-hybridized carbons (Fsp3) is 0.160. The molecule has 0 radical (unpaired) electrons. The number of anilines is 2. The lowest BCUT2D eigenvalue weighted by atomic mass is 10.0. The highest BCUT2D eigenvalue weighted by Crippen LogP contribution is 2.33. The van der Waals surface area contributed by atoms with Gasteiger partial charge in [-0.25, -0.2) is 0 Å². The minimum Gasteiger partial charge on any atom is -0.367 e. The van der Waals surface area contributed by atoms with Crippen LogP contribution in [0.5, 0.6) is 0 Å². The maximum Gasteiger partial charge on any atom is 0.256 e. The molecule has 2 heterocycles. The number of nitrogens with zero attached hydrogens (tertiary/aromatic N) is 1. The Morgan fingerprint density at radius 2 is 1.77 bits per heavy atom. The molecule has 0 aliphatic carbocycles. The second-order valence-corrected chi connectivity index (χ2v) is 8.24. The van der Waals surface area contributed by atoms with Crippen LogP contribution in [0.3, 0.4) is 0 Å². The average Bonchev–Trinajstić information content (AvgIpc) is 3.34. The Morgan fingerprint density at radius 3 is 2.60 bits per heavy atom. The lowest BCUT2D eigenvalue weighted by molar-refractivity contribution is 0.102. The summed E-state index contributed by atoms with van der Waals surface area (Å²) in [4.78, 5) is 15.7. The minimum absolute atomic E-state index is 0.0781. The largest absolute Gasteiger partial charge is 0.367 e. The summed E-state index contributed by atoms with van der Waals surface area (Å²) in [5.41, 5.74) is 4.92. The zero-order valence-electron chi connectivity index (χ0n) is 16.6. The van der Waals surface area contributed by atoms with E-state index in [0.29, 0.717) is 5.56 Å². The summed E-state index contributed by atoms with van der Waals surface area (Å²) >= 11 is 1.68. The van der Waals surface area contributed by atoms with Crippen molar-refractivity contribution in [1.82, 2.24) is 5.32 Å². The first-order valence-corrected chi connectivity index (χ1v) is 11.2. The Hall–Kier alpha value is -3.15. The van der Waals surface area contributed by atoms with E-state index < -0.39 is 0 Å². The lowest BCUT2D eigenvalue weighted by Gasteiger charge is -2.31. The van der Waals surface area contributed by atoms with Gasteiger partial charge in [0.2, 0.25) is 0 Å². The van der Waals surface area contributed by atoms with Gasteiger partial charge in [0.25, 0.3) is 5.91 Å². The number of carbonyl (C=O) groups excluding carboxylic acids is 1. The Morgan fingerprint density at radius 1 is 0.933 bits per heavy atom. The molecule has 0 atom stereocenters. The van der Waals surface area contributed by atoms with Gasteiger partial charge in [-0.1, -0.05) is 42.5 Å². The molecule has 30 heavy (non-hydrogen) atoms. The lowest BCUT2D eigenvalue weighted by Crippen LogP contribution is -2.43. The molecule has 1 aliphatic rings. The summed E-state index contributed by atoms with van der Waals surface area (Å²) in [5.74, 6) is -0.0781. The van der Waals surface area contributed by atoms with Gasteiger partial charge >= 0.3 is 0 Å². The molecule has 3 aromatic carbocycles. The van der Waals surface area contributed by atoms with Crippen LogP contribution in [0.25, 0.3) is 21.9 Å². The van der Waals surface area contributed by atoms with Crippen LogP contribution in [0.4, 0.5) is 11.4 Å². The van der Waals surface area contributed by atoms with Crippen molar-refractivity contribution in [2.24, 2.45) is 0 Å². The predicted molar refractivity (Wildman–Crippen MR) is 127 cm³/mol. The number of hydrogen-bond acceptors (Lipinski definition) is 4. The van der Waals surface area contributed by atoms with E-state index >= 15 is 0 Å². The first-order chi connectivity index (χ1) is 14.8. The van der Waals surface area contributed by atoms with Crippen LogP contribution < -0.4 is 15.5 Å². The molecule has 1 aromatic heterocycles. The standard InChI is InChI=1S/C25H23N3OS/c29-25(22-7-3-5-18-4-1-2-6-21(18)22)27-23-16-19(20-10-15-30-17-20)8-9-24(23)28-13-11-26-12-14-28/h1-10,15-17,26H,11-14H2,(H,27,29). The highest BCUT2D eigenvalue weighted by Gasteiger charge is 2.18. The van der Waals surface area contributed by atoms with Crippen LogP contribution in [-0.4, -0.2) is 32.1 Å². The van der Waals surface area contributed by atoms with Gasteiger partial charge in [0, 0.05) is 31.7 Å². The second-order valence-electron chi connectivity index (χ2n) is 7.46. The summed E-state index contributed by atoms with van der Waals surface area (Å²) in [5, 5.41) is 12.9. The highest BCUT2D eigenvalue weighted by molar-refractivity contribution is 7.08. The SMILES string of the molecule is O=C(Nc1cc(-c2ccsc2)ccc1N1CCNCC1)c1cccc2ccccc12. The normalized spacial score (nSPS) is 14.1. The third-order valence-corrected chi connectivity index (χ3v) is 6.27. The van der Waals surface area contributed by atoms with Crippen LogP contribution in [-0.2, 0) is 0 Å². The molecule has 1 aliphatic heterocycles. The van der Waals surface area contributed by atoms with E-state index in [-0.39, 0.29) is 5.91 Å². The van der Waals surface area contributed by atoms with Crippen LogP contribution in [0, 0.1) is 0 Å². The van der Waals surface area contributed by atoms with E-state index in [1.54, 1.807) is 11.3 Å². The van der Waals surface area contributed by atoms with Crippen molar-refractivity contribution in [3.05, 3.63) is 83.1 Å². The number of hydrogen-bond donors (Lipinski definition) is 2. The van der Waals surface area contributed by atoms with Gasteiger partial charge in [0.05, 0.1) is 11.4 Å². The number of rotatable bonds is 4. The molecule has 5 rings (SSSR count). The van der Waals surface area contributed by atoms with E-state index in [2.05, 4.69) is 50.6 Å². The maximum absolute atomic E-state index is 13.3. The van der Waals surface area contributed by atoms with E-state index in [1.807, 2.05) is 42.5 Å². The van der Waals surface area contributed by atoms with Crippen molar-refractivity contribution >= 4 is 39.4 Å². The number of amides is 1. The summed E-state index contributed by atoms with van der Waals surface area (Å²) < 4.78 is 0. The monoisotopic (exact) mass is 413 g/mol. The van der Waals surface area contributed by atoms with Gasteiger partial charge in [-0.05, 0) is 56.9 Å². The Bertz CT molecular complexity index is 1170. The number of carbonyl (C=O) groups is 1. The quantitative estimate of drug-likeness (QED) is 0.481. The Labute approximate surface area is 180 Å². The Kier molecular flexibility index (Phi) is 5.22. The van der Waals surface area contributed by atoms with Crippen LogP contribution in [0.2, 0.25) is 0 Å². The number of nitrogens with one attached hydrogen (secondary N) is 2. The molecule has 4 nitrogen and oxygen atoms in total. The van der Waals surface area contributed by atoms with E-state index in [4.69, 9.17) is 0 Å². The molecule has 150 valence electrons. The molecule has 0 saturated carbocycles. The van der Waals surface area contributed by atoms with Gasteiger partial charge in [0.15, 0.2) is 0 Å². The first-order valence-electron chi connectivity index (χ1n) is 10.2. The third-order valence-electron chi connectivity index (χ3n) is 5.59. The van der Waals surface area contributed by atoms with Gasteiger partial charge in [-0.3, -0.25) is 4.79 Å². The Balaban J connectivity index is 1.54. The molecule has 4 aromatic rings. The van der Waals surface area contributed by atoms with Crippen molar-refractivity contribution in [3.8, 4) is 11.1 Å². The fourth-order valence-electron chi connectivity index (χ4n) is 4.04. The molecule has 1 fully saturated rings. The molecule has 2 N–H and O–H groups in total. The number of benzene rings is 3. The van der Waals surface area contributed by atoms with E-state index in [0.717, 1.165) is 53.9 Å². The van der Waals surface area contributed by atoms with Crippen molar-refractivity contribution in [2.75, 3.05) is 36.4 Å². The van der Waals surface area contributed by atoms with E-state index in [9.17, 15) is 4.79 Å². The van der Waals surface area contributed by atoms with Gasteiger partial charge < -0.3 is 15.5 Å². The van der Waals surface area contributed by atoms with Crippen LogP contribution in [0.15, 0.2) is 77.5 Å². The molecule has 1 saturated heterocycles. The number of thiophene rings is 1. The summed E-state index contributed by atoms with van der Waals surface area (Å²) in [6.07, 6.45) is 0. The summed E-state index contributed by atoms with van der Waals surface area (Å²) in [7, 11) is 0. The molecule has 1 amide bonds. The molecular weight excluding hydrogens is 390 g/mol. The fourth-order valence-corrected chi connectivity index (χ4v) is 4.70. The van der Waals surface area contributed by atoms with Crippen molar-refractivity contribution in [1.29, 1.82) is 0 Å². The number of piperazine rings is 1. The summed E-state index contributed by atoms with van der Waals surface area (Å²) in [6.45, 7) is 3.75. The van der Waals surface area contributed by atoms with Crippen LogP contribution in [0.1, 0.15) is 10.4 Å².